The lowest BCUT2D eigenvalue weighted by Crippen LogP contribution is -2.46. The molecule has 1 aliphatic rings. The number of methoxy groups -OCH3 is 1. The fourth-order valence-electron chi connectivity index (χ4n) is 5.29. The van der Waals surface area contributed by atoms with Crippen molar-refractivity contribution < 1.29 is 29.0 Å². The number of hydrogen-bond acceptors (Lipinski definition) is 9. The molecule has 1 aliphatic carbocycles. The Morgan fingerprint density at radius 2 is 1.50 bits per heavy atom. The summed E-state index contributed by atoms with van der Waals surface area (Å²) in [5.74, 6) is -1.90. The minimum absolute atomic E-state index is 0.0704. The van der Waals surface area contributed by atoms with Gasteiger partial charge in [-0.25, -0.2) is 4.79 Å². The molecule has 238 valence electrons. The third-order valence-corrected chi connectivity index (χ3v) is 8.62. The van der Waals surface area contributed by atoms with Crippen LogP contribution in [0.4, 0.5) is 11.4 Å². The molecular weight excluding hydrogens is 608 g/mol. The highest BCUT2D eigenvalue weighted by Crippen LogP contribution is 2.30. The number of carbonyl (C=O) groups is 4. The third kappa shape index (κ3) is 8.24. The Balaban J connectivity index is 1.09. The number of anilines is 2. The Labute approximate surface area is 269 Å². The van der Waals surface area contributed by atoms with Crippen LogP contribution >= 0.6 is 11.5 Å². The first-order chi connectivity index (χ1) is 22.3. The number of rotatable bonds is 12. The summed E-state index contributed by atoms with van der Waals surface area (Å²) in [5, 5.41) is 19.4. The Kier molecular flexibility index (Phi) is 10.6. The molecule has 3 aromatic carbocycles. The molecule has 0 spiro atoms. The average molecular weight is 643 g/mol. The Bertz CT molecular complexity index is 1650. The highest BCUT2D eigenvalue weighted by atomic mass is 32.1. The highest BCUT2D eigenvalue weighted by molar-refractivity contribution is 7.08. The maximum atomic E-state index is 13.0. The molecule has 4 aromatic rings. The van der Waals surface area contributed by atoms with Crippen molar-refractivity contribution in [3.63, 3.8) is 0 Å². The van der Waals surface area contributed by atoms with Gasteiger partial charge in [0.1, 0.15) is 22.4 Å². The number of nitrogens with one attached hydrogen (secondary N) is 4. The number of aromatic nitrogens is 2. The average Bonchev–Trinajstić information content (AvgIpc) is 3.59. The van der Waals surface area contributed by atoms with Crippen molar-refractivity contribution in [1.29, 1.82) is 0 Å². The molecule has 13 heteroatoms. The number of benzene rings is 3. The molecule has 5 rings (SSSR count). The van der Waals surface area contributed by atoms with E-state index in [1.165, 1.54) is 0 Å². The summed E-state index contributed by atoms with van der Waals surface area (Å²) in [6, 6.07) is 22.1. The number of aliphatic carboxylic acids is 1. The van der Waals surface area contributed by atoms with Crippen molar-refractivity contribution in [2.45, 2.75) is 38.1 Å². The minimum atomic E-state index is -1.14. The Morgan fingerprint density at radius 3 is 2.13 bits per heavy atom. The predicted octanol–water partition coefficient (Wildman–Crippen LogP) is 4.53. The normalized spacial score (nSPS) is 16.5. The van der Waals surface area contributed by atoms with Gasteiger partial charge in [0.25, 0.3) is 5.91 Å². The number of carbonyl (C=O) groups excluding carboxylic acids is 3. The molecule has 5 N–H and O–H groups in total. The van der Waals surface area contributed by atoms with Crippen molar-refractivity contribution in [2.75, 3.05) is 17.9 Å². The lowest BCUT2D eigenvalue weighted by Gasteiger charge is -2.28. The second-order valence-electron chi connectivity index (χ2n) is 11.0. The quantitative estimate of drug-likeness (QED) is 0.139. The zero-order chi connectivity index (χ0) is 32.5. The van der Waals surface area contributed by atoms with E-state index >= 15 is 0 Å². The van der Waals surface area contributed by atoms with Crippen LogP contribution in [0.3, 0.4) is 0 Å². The highest BCUT2D eigenvalue weighted by Gasteiger charge is 2.32. The van der Waals surface area contributed by atoms with Crippen molar-refractivity contribution in [2.24, 2.45) is 11.8 Å². The van der Waals surface area contributed by atoms with Crippen molar-refractivity contribution in [3.05, 3.63) is 89.3 Å². The SMILES string of the molecule is COc1ccc(NNC(=O)C2CCC(C(=O)N[C@@H](Cc3ccc(NC(=O)c4snnc4-c4ccccc4)cc3)C(=O)O)CC2)cc1. The lowest BCUT2D eigenvalue weighted by atomic mass is 9.81. The smallest absolute Gasteiger partial charge is 0.326 e. The van der Waals surface area contributed by atoms with Gasteiger partial charge in [-0.05, 0) is 79.2 Å². The lowest BCUT2D eigenvalue weighted by molar-refractivity contribution is -0.142. The maximum absolute atomic E-state index is 13.0. The molecule has 12 nitrogen and oxygen atoms in total. The van der Waals surface area contributed by atoms with E-state index in [1.807, 2.05) is 30.3 Å². The van der Waals surface area contributed by atoms with Crippen molar-refractivity contribution >= 4 is 46.6 Å². The van der Waals surface area contributed by atoms with Gasteiger partial charge in [-0.15, -0.1) is 5.10 Å². The third-order valence-electron chi connectivity index (χ3n) is 7.90. The molecule has 0 radical (unpaired) electrons. The zero-order valence-corrected chi connectivity index (χ0v) is 25.9. The first kappa shape index (κ1) is 32.1. The maximum Gasteiger partial charge on any atom is 0.326 e. The molecular formula is C33H34N6O6S. The van der Waals surface area contributed by atoms with Crippen LogP contribution in [-0.4, -0.2) is 51.5 Å². The van der Waals surface area contributed by atoms with Gasteiger partial charge in [-0.1, -0.05) is 47.0 Å². The molecule has 1 heterocycles. The topological polar surface area (TPSA) is 172 Å². The molecule has 0 saturated heterocycles. The standard InChI is InChI=1S/C33H34N6O6S/c1-45-26-17-15-25(16-18-26)36-38-31(41)23-11-9-22(10-12-23)30(40)35-27(33(43)44)19-20-7-13-24(14-8-20)34-32(42)29-28(37-39-46-29)21-5-3-2-4-6-21/h2-8,13-18,22-23,27,36H,9-12,19H2,1H3,(H,34,42)(H,35,40)(H,38,41)(H,43,44)/t22?,23?,27-/m0/s1. The van der Waals surface area contributed by atoms with Gasteiger partial charge in [-0.2, -0.15) is 0 Å². The van der Waals surface area contributed by atoms with Gasteiger partial charge in [0.2, 0.25) is 11.8 Å². The number of hydrogen-bond donors (Lipinski definition) is 5. The molecule has 3 amide bonds. The van der Waals surface area contributed by atoms with Gasteiger partial charge in [0, 0.05) is 29.5 Å². The van der Waals surface area contributed by atoms with E-state index in [1.54, 1.807) is 55.6 Å². The van der Waals surface area contributed by atoms with Crippen LogP contribution in [0.5, 0.6) is 5.75 Å². The molecule has 0 unspecified atom stereocenters. The number of carboxylic acid groups (broad SMARTS) is 1. The fourth-order valence-corrected chi connectivity index (χ4v) is 5.87. The summed E-state index contributed by atoms with van der Waals surface area (Å²) in [7, 11) is 1.58. The minimum Gasteiger partial charge on any atom is -0.497 e. The number of nitrogens with zero attached hydrogens (tertiary/aromatic N) is 2. The summed E-state index contributed by atoms with van der Waals surface area (Å²) in [4.78, 5) is 51.0. The van der Waals surface area contributed by atoms with E-state index in [4.69, 9.17) is 4.74 Å². The summed E-state index contributed by atoms with van der Waals surface area (Å²) in [5.41, 5.74) is 8.82. The number of ether oxygens (including phenoxy) is 1. The first-order valence-corrected chi connectivity index (χ1v) is 15.6. The van der Waals surface area contributed by atoms with Crippen LogP contribution in [0, 0.1) is 11.8 Å². The molecule has 0 bridgehead atoms. The summed E-state index contributed by atoms with van der Waals surface area (Å²) in [6.07, 6.45) is 2.07. The molecule has 0 aliphatic heterocycles. The molecule has 1 atom stereocenters. The van der Waals surface area contributed by atoms with Gasteiger partial charge in [-0.3, -0.25) is 25.2 Å². The summed E-state index contributed by atoms with van der Waals surface area (Å²) >= 11 is 1.00. The largest absolute Gasteiger partial charge is 0.497 e. The van der Waals surface area contributed by atoms with Crippen LogP contribution in [-0.2, 0) is 20.8 Å². The van der Waals surface area contributed by atoms with E-state index in [2.05, 4.69) is 31.1 Å². The van der Waals surface area contributed by atoms with Crippen LogP contribution < -0.4 is 26.2 Å². The van der Waals surface area contributed by atoms with Crippen LogP contribution in [0.2, 0.25) is 0 Å². The van der Waals surface area contributed by atoms with Crippen molar-refractivity contribution in [3.8, 4) is 17.0 Å². The van der Waals surface area contributed by atoms with Gasteiger partial charge in [0.15, 0.2) is 0 Å². The fraction of sp³-hybridized carbons (Fsp3) is 0.273. The van der Waals surface area contributed by atoms with Crippen LogP contribution in [0.15, 0.2) is 78.9 Å². The second-order valence-corrected chi connectivity index (χ2v) is 11.7. The van der Waals surface area contributed by atoms with Crippen LogP contribution in [0.1, 0.15) is 40.9 Å². The van der Waals surface area contributed by atoms with Crippen molar-refractivity contribution in [1.82, 2.24) is 20.3 Å². The summed E-state index contributed by atoms with van der Waals surface area (Å²) in [6.45, 7) is 0. The molecule has 46 heavy (non-hydrogen) atoms. The van der Waals surface area contributed by atoms with E-state index in [-0.39, 0.29) is 36.0 Å². The first-order valence-electron chi connectivity index (χ1n) is 14.8. The number of carboxylic acids is 1. The number of hydrazine groups is 1. The molecule has 1 saturated carbocycles. The molecule has 1 aromatic heterocycles. The number of amides is 3. The van der Waals surface area contributed by atoms with E-state index < -0.39 is 12.0 Å². The van der Waals surface area contributed by atoms with Crippen LogP contribution in [0.25, 0.3) is 11.3 Å². The van der Waals surface area contributed by atoms with E-state index in [9.17, 15) is 24.3 Å². The van der Waals surface area contributed by atoms with E-state index in [0.29, 0.717) is 58.9 Å². The monoisotopic (exact) mass is 642 g/mol. The summed E-state index contributed by atoms with van der Waals surface area (Å²) < 4.78 is 9.06. The van der Waals surface area contributed by atoms with Gasteiger partial charge < -0.3 is 20.5 Å². The second kappa shape index (κ2) is 15.1. The van der Waals surface area contributed by atoms with Gasteiger partial charge in [0.05, 0.1) is 12.8 Å². The molecule has 1 fully saturated rings. The van der Waals surface area contributed by atoms with E-state index in [0.717, 1.165) is 17.1 Å². The Morgan fingerprint density at radius 1 is 0.870 bits per heavy atom. The van der Waals surface area contributed by atoms with Gasteiger partial charge >= 0.3 is 5.97 Å². The Hall–Kier alpha value is -5.30. The predicted molar refractivity (Wildman–Crippen MR) is 173 cm³/mol. The zero-order valence-electron chi connectivity index (χ0n) is 25.1.